The normalized spacial score (nSPS) is 20.9. The summed E-state index contributed by atoms with van der Waals surface area (Å²) in [5.74, 6) is 0.342. The minimum absolute atomic E-state index is 0.146. The lowest BCUT2D eigenvalue weighted by atomic mass is 10.0. The molecule has 0 aromatic heterocycles. The van der Waals surface area contributed by atoms with Crippen molar-refractivity contribution in [3.63, 3.8) is 0 Å². The second-order valence-electron chi connectivity index (χ2n) is 5.48. The second-order valence-corrected chi connectivity index (χ2v) is 5.48. The number of rotatable bonds is 9. The van der Waals surface area contributed by atoms with E-state index in [-0.39, 0.29) is 17.9 Å². The lowest BCUT2D eigenvalue weighted by Crippen LogP contribution is -2.35. The van der Waals surface area contributed by atoms with Gasteiger partial charge < -0.3 is 10.1 Å². The number of carbonyl (C=O) groups is 1. The Balaban J connectivity index is 2.01. The van der Waals surface area contributed by atoms with Gasteiger partial charge in [0.2, 0.25) is 5.91 Å². The smallest absolute Gasteiger partial charge is 0.222 e. The summed E-state index contributed by atoms with van der Waals surface area (Å²) in [5.41, 5.74) is 0. The summed E-state index contributed by atoms with van der Waals surface area (Å²) in [6.45, 7) is 5.80. The molecule has 1 aliphatic heterocycles. The van der Waals surface area contributed by atoms with Crippen molar-refractivity contribution in [2.75, 3.05) is 13.2 Å². The molecule has 1 N–H and O–H groups in total. The lowest BCUT2D eigenvalue weighted by Gasteiger charge is -2.14. The predicted octanol–water partition coefficient (Wildman–Crippen LogP) is 3.28. The first-order valence-electron chi connectivity index (χ1n) is 7.63. The van der Waals surface area contributed by atoms with Gasteiger partial charge in [-0.2, -0.15) is 0 Å². The van der Waals surface area contributed by atoms with Gasteiger partial charge in [-0.1, -0.05) is 46.0 Å². The minimum atomic E-state index is 0.146. The molecule has 0 aromatic carbocycles. The van der Waals surface area contributed by atoms with Crippen LogP contribution in [-0.2, 0) is 9.53 Å². The SMILES string of the molecule is CCCCCCCC(C)C(=O)NC[C@H]1CCCO1. The maximum Gasteiger partial charge on any atom is 0.222 e. The molecule has 106 valence electrons. The van der Waals surface area contributed by atoms with Gasteiger partial charge in [0.05, 0.1) is 6.10 Å². The fourth-order valence-electron chi connectivity index (χ4n) is 2.38. The molecular weight excluding hydrogens is 226 g/mol. The third kappa shape index (κ3) is 6.39. The van der Waals surface area contributed by atoms with Crippen LogP contribution in [-0.4, -0.2) is 25.2 Å². The summed E-state index contributed by atoms with van der Waals surface area (Å²) in [6.07, 6.45) is 9.83. The molecule has 1 aliphatic rings. The van der Waals surface area contributed by atoms with Gasteiger partial charge in [-0.3, -0.25) is 4.79 Å². The van der Waals surface area contributed by atoms with Crippen LogP contribution in [0.25, 0.3) is 0 Å². The molecule has 2 atom stereocenters. The molecule has 1 heterocycles. The van der Waals surface area contributed by atoms with Crippen molar-refractivity contribution in [1.29, 1.82) is 0 Å². The van der Waals surface area contributed by atoms with E-state index in [1.54, 1.807) is 0 Å². The van der Waals surface area contributed by atoms with Crippen molar-refractivity contribution >= 4 is 5.91 Å². The van der Waals surface area contributed by atoms with Crippen LogP contribution < -0.4 is 5.32 Å². The van der Waals surface area contributed by atoms with Gasteiger partial charge in [-0.15, -0.1) is 0 Å². The van der Waals surface area contributed by atoms with E-state index in [1.165, 1.54) is 32.1 Å². The molecule has 0 saturated carbocycles. The highest BCUT2D eigenvalue weighted by Gasteiger charge is 2.18. The van der Waals surface area contributed by atoms with Crippen LogP contribution in [0, 0.1) is 5.92 Å². The van der Waals surface area contributed by atoms with Gasteiger partial charge in [0.25, 0.3) is 0 Å². The quantitative estimate of drug-likeness (QED) is 0.642. The summed E-state index contributed by atoms with van der Waals surface area (Å²) >= 11 is 0. The number of nitrogens with one attached hydrogen (secondary N) is 1. The first kappa shape index (κ1) is 15.5. The Morgan fingerprint density at radius 3 is 2.78 bits per heavy atom. The van der Waals surface area contributed by atoms with Crippen molar-refractivity contribution in [3.05, 3.63) is 0 Å². The predicted molar refractivity (Wildman–Crippen MR) is 74.5 cm³/mol. The molecule has 0 aliphatic carbocycles. The van der Waals surface area contributed by atoms with Crippen molar-refractivity contribution in [2.24, 2.45) is 5.92 Å². The van der Waals surface area contributed by atoms with E-state index < -0.39 is 0 Å². The molecule has 1 unspecified atom stereocenters. The molecule has 0 spiro atoms. The van der Waals surface area contributed by atoms with Crippen LogP contribution in [0.3, 0.4) is 0 Å². The molecule has 0 aromatic rings. The standard InChI is InChI=1S/C15H29NO2/c1-3-4-5-6-7-9-13(2)15(17)16-12-14-10-8-11-18-14/h13-14H,3-12H2,1-2H3,(H,16,17)/t13?,14-/m1/s1. The summed E-state index contributed by atoms with van der Waals surface area (Å²) < 4.78 is 5.49. The summed E-state index contributed by atoms with van der Waals surface area (Å²) in [4.78, 5) is 11.9. The largest absolute Gasteiger partial charge is 0.376 e. The van der Waals surface area contributed by atoms with Gasteiger partial charge in [0.1, 0.15) is 0 Å². The molecule has 1 rings (SSSR count). The molecule has 0 radical (unpaired) electrons. The van der Waals surface area contributed by atoms with Gasteiger partial charge in [0, 0.05) is 19.1 Å². The Hall–Kier alpha value is -0.570. The topological polar surface area (TPSA) is 38.3 Å². The van der Waals surface area contributed by atoms with Crippen molar-refractivity contribution in [2.45, 2.75) is 71.3 Å². The summed E-state index contributed by atoms with van der Waals surface area (Å²) in [7, 11) is 0. The van der Waals surface area contributed by atoms with E-state index in [4.69, 9.17) is 4.74 Å². The van der Waals surface area contributed by atoms with Gasteiger partial charge in [-0.25, -0.2) is 0 Å². The summed E-state index contributed by atoms with van der Waals surface area (Å²) in [6, 6.07) is 0. The van der Waals surface area contributed by atoms with Crippen molar-refractivity contribution in [1.82, 2.24) is 5.32 Å². The molecule has 1 saturated heterocycles. The van der Waals surface area contributed by atoms with Gasteiger partial charge >= 0.3 is 0 Å². The van der Waals surface area contributed by atoms with E-state index in [2.05, 4.69) is 12.2 Å². The molecule has 18 heavy (non-hydrogen) atoms. The highest BCUT2D eigenvalue weighted by Crippen LogP contribution is 2.13. The first-order valence-corrected chi connectivity index (χ1v) is 7.63. The zero-order chi connectivity index (χ0) is 13.2. The zero-order valence-corrected chi connectivity index (χ0v) is 12.0. The number of unbranched alkanes of at least 4 members (excludes halogenated alkanes) is 4. The van der Waals surface area contributed by atoms with Crippen LogP contribution in [0.1, 0.15) is 65.2 Å². The Morgan fingerprint density at radius 2 is 2.11 bits per heavy atom. The molecule has 0 bridgehead atoms. The number of hydrogen-bond acceptors (Lipinski definition) is 2. The van der Waals surface area contributed by atoms with Crippen LogP contribution >= 0.6 is 0 Å². The van der Waals surface area contributed by atoms with Gasteiger partial charge in [0.15, 0.2) is 0 Å². The second kappa shape index (κ2) is 9.37. The fraction of sp³-hybridized carbons (Fsp3) is 0.933. The maximum atomic E-state index is 11.9. The Morgan fingerprint density at radius 1 is 1.33 bits per heavy atom. The maximum absolute atomic E-state index is 11.9. The van der Waals surface area contributed by atoms with Crippen molar-refractivity contribution in [3.8, 4) is 0 Å². The third-order valence-electron chi connectivity index (χ3n) is 3.72. The highest BCUT2D eigenvalue weighted by atomic mass is 16.5. The Bertz CT molecular complexity index is 225. The van der Waals surface area contributed by atoms with Crippen LogP contribution in [0.4, 0.5) is 0 Å². The van der Waals surface area contributed by atoms with E-state index in [9.17, 15) is 4.79 Å². The number of ether oxygens (including phenoxy) is 1. The fourth-order valence-corrected chi connectivity index (χ4v) is 2.38. The van der Waals surface area contributed by atoms with Crippen molar-refractivity contribution < 1.29 is 9.53 Å². The number of hydrogen-bond donors (Lipinski definition) is 1. The average molecular weight is 255 g/mol. The van der Waals surface area contributed by atoms with E-state index in [1.807, 2.05) is 6.92 Å². The van der Waals surface area contributed by atoms with Crippen LogP contribution in [0.15, 0.2) is 0 Å². The minimum Gasteiger partial charge on any atom is -0.376 e. The lowest BCUT2D eigenvalue weighted by molar-refractivity contribution is -0.125. The zero-order valence-electron chi connectivity index (χ0n) is 12.0. The Kier molecular flexibility index (Phi) is 8.06. The first-order chi connectivity index (χ1) is 8.74. The van der Waals surface area contributed by atoms with Crippen LogP contribution in [0.2, 0.25) is 0 Å². The molecule has 3 nitrogen and oxygen atoms in total. The molecule has 1 amide bonds. The average Bonchev–Trinajstić information content (AvgIpc) is 2.88. The highest BCUT2D eigenvalue weighted by molar-refractivity contribution is 5.78. The van der Waals surface area contributed by atoms with E-state index >= 15 is 0 Å². The molecular formula is C15H29NO2. The molecule has 3 heteroatoms. The number of carbonyl (C=O) groups excluding carboxylic acids is 1. The molecule has 1 fully saturated rings. The summed E-state index contributed by atoms with van der Waals surface area (Å²) in [5, 5.41) is 3.01. The van der Waals surface area contributed by atoms with E-state index in [0.29, 0.717) is 6.54 Å². The Labute approximate surface area is 112 Å². The van der Waals surface area contributed by atoms with Gasteiger partial charge in [-0.05, 0) is 19.3 Å². The number of amides is 1. The monoisotopic (exact) mass is 255 g/mol. The third-order valence-corrected chi connectivity index (χ3v) is 3.72. The van der Waals surface area contributed by atoms with E-state index in [0.717, 1.165) is 25.9 Å². The van der Waals surface area contributed by atoms with Crippen LogP contribution in [0.5, 0.6) is 0 Å².